The maximum Gasteiger partial charge on any atom is 0.101 e. The molecule has 1 heterocycles. The van der Waals surface area contributed by atoms with Gasteiger partial charge in [0.1, 0.15) is 5.84 Å². The van der Waals surface area contributed by atoms with Gasteiger partial charge in [0.15, 0.2) is 0 Å². The average molecular weight is 261 g/mol. The van der Waals surface area contributed by atoms with Gasteiger partial charge in [0.2, 0.25) is 0 Å². The molecular formula is C15H23N3O. The first kappa shape index (κ1) is 14.0. The van der Waals surface area contributed by atoms with Crippen molar-refractivity contribution in [2.24, 2.45) is 4.99 Å². The first-order chi connectivity index (χ1) is 9.40. The minimum Gasteiger partial charge on any atom is -0.383 e. The van der Waals surface area contributed by atoms with Crippen molar-refractivity contribution in [3.8, 4) is 0 Å². The predicted molar refractivity (Wildman–Crippen MR) is 79.8 cm³/mol. The van der Waals surface area contributed by atoms with Gasteiger partial charge in [0.25, 0.3) is 0 Å². The summed E-state index contributed by atoms with van der Waals surface area (Å²) >= 11 is 0. The van der Waals surface area contributed by atoms with Crippen molar-refractivity contribution < 1.29 is 4.74 Å². The minimum absolute atomic E-state index is 0.738. The number of ether oxygens (including phenoxy) is 1. The Morgan fingerprint density at radius 1 is 1.26 bits per heavy atom. The molecule has 0 amide bonds. The van der Waals surface area contributed by atoms with Crippen LogP contribution < -0.4 is 10.6 Å². The summed E-state index contributed by atoms with van der Waals surface area (Å²) in [6.07, 6.45) is 3.51. The van der Waals surface area contributed by atoms with E-state index < -0.39 is 0 Å². The van der Waals surface area contributed by atoms with Crippen LogP contribution in [0, 0.1) is 0 Å². The third-order valence-electron chi connectivity index (χ3n) is 3.22. The fraction of sp³-hybridized carbons (Fsp3) is 0.533. The zero-order chi connectivity index (χ0) is 13.3. The van der Waals surface area contributed by atoms with Crippen molar-refractivity contribution in [3.05, 3.63) is 29.8 Å². The Balaban J connectivity index is 1.93. The molecule has 19 heavy (non-hydrogen) atoms. The van der Waals surface area contributed by atoms with Crippen molar-refractivity contribution >= 4 is 11.5 Å². The van der Waals surface area contributed by atoms with Crippen molar-refractivity contribution in [1.82, 2.24) is 5.32 Å². The Kier molecular flexibility index (Phi) is 5.85. The SMILES string of the molecule is COCCNCc1ccccc1NC1=NCCCC1. The molecule has 4 nitrogen and oxygen atoms in total. The lowest BCUT2D eigenvalue weighted by atomic mass is 10.1. The van der Waals surface area contributed by atoms with Gasteiger partial charge in [-0.3, -0.25) is 4.99 Å². The number of aliphatic imine (C=N–C) groups is 1. The van der Waals surface area contributed by atoms with E-state index in [-0.39, 0.29) is 0 Å². The van der Waals surface area contributed by atoms with E-state index in [4.69, 9.17) is 4.74 Å². The van der Waals surface area contributed by atoms with E-state index >= 15 is 0 Å². The quantitative estimate of drug-likeness (QED) is 0.773. The lowest BCUT2D eigenvalue weighted by Gasteiger charge is -2.17. The van der Waals surface area contributed by atoms with Crippen LogP contribution in [0.4, 0.5) is 5.69 Å². The molecule has 0 saturated heterocycles. The van der Waals surface area contributed by atoms with Crippen LogP contribution in [0.1, 0.15) is 24.8 Å². The Morgan fingerprint density at radius 3 is 2.95 bits per heavy atom. The van der Waals surface area contributed by atoms with Gasteiger partial charge in [-0.1, -0.05) is 18.2 Å². The number of benzene rings is 1. The van der Waals surface area contributed by atoms with Gasteiger partial charge in [0.05, 0.1) is 6.61 Å². The van der Waals surface area contributed by atoms with E-state index in [1.807, 2.05) is 0 Å². The van der Waals surface area contributed by atoms with E-state index in [2.05, 4.69) is 39.9 Å². The summed E-state index contributed by atoms with van der Waals surface area (Å²) in [5, 5.41) is 6.84. The first-order valence-corrected chi connectivity index (χ1v) is 6.98. The molecule has 0 aromatic heterocycles. The van der Waals surface area contributed by atoms with Crippen LogP contribution in [0.15, 0.2) is 29.3 Å². The molecule has 1 aromatic carbocycles. The molecule has 0 atom stereocenters. The first-order valence-electron chi connectivity index (χ1n) is 6.98. The molecule has 1 aliphatic heterocycles. The van der Waals surface area contributed by atoms with Crippen molar-refractivity contribution in [2.75, 3.05) is 32.1 Å². The molecule has 4 heteroatoms. The number of anilines is 1. The number of nitrogens with zero attached hydrogens (tertiary/aromatic N) is 1. The molecule has 104 valence electrons. The van der Waals surface area contributed by atoms with Crippen LogP contribution in [-0.4, -0.2) is 32.6 Å². The fourth-order valence-corrected chi connectivity index (χ4v) is 2.15. The molecule has 1 aliphatic rings. The summed E-state index contributed by atoms with van der Waals surface area (Å²) in [5.41, 5.74) is 2.43. The smallest absolute Gasteiger partial charge is 0.101 e. The van der Waals surface area contributed by atoms with Crippen LogP contribution in [0.25, 0.3) is 0 Å². The number of methoxy groups -OCH3 is 1. The van der Waals surface area contributed by atoms with Crippen LogP contribution in [0.3, 0.4) is 0 Å². The monoisotopic (exact) mass is 261 g/mol. The topological polar surface area (TPSA) is 45.6 Å². The second-order valence-corrected chi connectivity index (χ2v) is 4.74. The maximum atomic E-state index is 5.03. The highest BCUT2D eigenvalue weighted by Gasteiger charge is 2.07. The molecule has 2 N–H and O–H groups in total. The lowest BCUT2D eigenvalue weighted by Crippen LogP contribution is -2.21. The maximum absolute atomic E-state index is 5.03. The number of rotatable bonds is 6. The summed E-state index contributed by atoms with van der Waals surface area (Å²) in [4.78, 5) is 4.54. The average Bonchev–Trinajstić information content (AvgIpc) is 2.46. The number of hydrogen-bond acceptors (Lipinski definition) is 4. The second-order valence-electron chi connectivity index (χ2n) is 4.74. The van der Waals surface area contributed by atoms with Crippen molar-refractivity contribution in [1.29, 1.82) is 0 Å². The standard InChI is InChI=1S/C15H23N3O/c1-19-11-10-16-12-13-6-2-3-7-14(13)18-15-8-4-5-9-17-15/h2-3,6-7,16H,4-5,8-12H2,1H3,(H,17,18). The van der Waals surface area contributed by atoms with Crippen LogP contribution in [0.2, 0.25) is 0 Å². The molecule has 0 saturated carbocycles. The molecule has 0 radical (unpaired) electrons. The molecule has 2 rings (SSSR count). The molecular weight excluding hydrogens is 238 g/mol. The van der Waals surface area contributed by atoms with Crippen LogP contribution >= 0.6 is 0 Å². The fourth-order valence-electron chi connectivity index (χ4n) is 2.15. The van der Waals surface area contributed by atoms with E-state index in [1.165, 1.54) is 18.4 Å². The summed E-state index contributed by atoms with van der Waals surface area (Å²) in [6.45, 7) is 3.41. The van der Waals surface area contributed by atoms with Crippen LogP contribution in [0.5, 0.6) is 0 Å². The molecule has 0 fully saturated rings. The Bertz CT molecular complexity index is 418. The van der Waals surface area contributed by atoms with Gasteiger partial charge in [-0.05, 0) is 24.5 Å². The van der Waals surface area contributed by atoms with E-state index in [1.54, 1.807) is 7.11 Å². The summed E-state index contributed by atoms with van der Waals surface area (Å²) < 4.78 is 5.03. The Hall–Kier alpha value is -1.39. The van der Waals surface area contributed by atoms with E-state index in [9.17, 15) is 0 Å². The van der Waals surface area contributed by atoms with Gasteiger partial charge < -0.3 is 15.4 Å². The molecule has 0 bridgehead atoms. The third kappa shape index (κ3) is 4.65. The zero-order valence-electron chi connectivity index (χ0n) is 11.6. The molecule has 1 aromatic rings. The third-order valence-corrected chi connectivity index (χ3v) is 3.22. The van der Waals surface area contributed by atoms with Gasteiger partial charge in [-0.15, -0.1) is 0 Å². The van der Waals surface area contributed by atoms with Gasteiger partial charge in [0, 0.05) is 38.9 Å². The van der Waals surface area contributed by atoms with Crippen molar-refractivity contribution in [3.63, 3.8) is 0 Å². The van der Waals surface area contributed by atoms with E-state index in [0.29, 0.717) is 0 Å². The lowest BCUT2D eigenvalue weighted by molar-refractivity contribution is 0.199. The van der Waals surface area contributed by atoms with Gasteiger partial charge in [-0.25, -0.2) is 0 Å². The number of para-hydroxylation sites is 1. The highest BCUT2D eigenvalue weighted by atomic mass is 16.5. The Labute approximate surface area is 115 Å². The minimum atomic E-state index is 0.738. The summed E-state index contributed by atoms with van der Waals surface area (Å²) in [6, 6.07) is 8.39. The van der Waals surface area contributed by atoms with Gasteiger partial charge in [-0.2, -0.15) is 0 Å². The van der Waals surface area contributed by atoms with Gasteiger partial charge >= 0.3 is 0 Å². The molecule has 0 aliphatic carbocycles. The normalized spacial score (nSPS) is 15.1. The molecule has 0 spiro atoms. The predicted octanol–water partition coefficient (Wildman–Crippen LogP) is 2.42. The zero-order valence-corrected chi connectivity index (χ0v) is 11.6. The van der Waals surface area contributed by atoms with Crippen molar-refractivity contribution in [2.45, 2.75) is 25.8 Å². The number of nitrogens with one attached hydrogen (secondary N) is 2. The van der Waals surface area contributed by atoms with Crippen LogP contribution in [-0.2, 0) is 11.3 Å². The Morgan fingerprint density at radius 2 is 2.16 bits per heavy atom. The number of hydrogen-bond donors (Lipinski definition) is 2. The highest BCUT2D eigenvalue weighted by Crippen LogP contribution is 2.17. The summed E-state index contributed by atoms with van der Waals surface area (Å²) in [7, 11) is 1.72. The second kappa shape index (κ2) is 7.92. The largest absolute Gasteiger partial charge is 0.383 e. The highest BCUT2D eigenvalue weighted by molar-refractivity contribution is 5.96. The molecule has 0 unspecified atom stereocenters. The number of amidine groups is 1. The summed E-state index contributed by atoms with van der Waals surface area (Å²) in [5.74, 6) is 1.12. The van der Waals surface area contributed by atoms with E-state index in [0.717, 1.165) is 44.2 Å².